The van der Waals surface area contributed by atoms with Gasteiger partial charge >= 0.3 is 0 Å². The van der Waals surface area contributed by atoms with Crippen molar-refractivity contribution < 1.29 is 9.90 Å². The predicted octanol–water partition coefficient (Wildman–Crippen LogP) is 0.469. The molecule has 1 aliphatic rings. The van der Waals surface area contributed by atoms with Crippen LogP contribution < -0.4 is 5.32 Å². The van der Waals surface area contributed by atoms with E-state index in [9.17, 15) is 9.90 Å². The van der Waals surface area contributed by atoms with Crippen LogP contribution in [0.2, 0.25) is 0 Å². The van der Waals surface area contributed by atoms with Crippen molar-refractivity contribution in [1.29, 1.82) is 0 Å². The van der Waals surface area contributed by atoms with Gasteiger partial charge in [0.15, 0.2) is 4.96 Å². The molecule has 1 atom stereocenters. The first kappa shape index (κ1) is 13.5. The van der Waals surface area contributed by atoms with Gasteiger partial charge in [0, 0.05) is 24.3 Å². The summed E-state index contributed by atoms with van der Waals surface area (Å²) in [5, 5.41) is 14.4. The highest BCUT2D eigenvalue weighted by molar-refractivity contribution is 7.15. The fourth-order valence-corrected chi connectivity index (χ4v) is 3.20. The number of nitrogens with one attached hydrogen (secondary N) is 1. The Morgan fingerprint density at radius 2 is 2.50 bits per heavy atom. The van der Waals surface area contributed by atoms with E-state index in [0.717, 1.165) is 30.0 Å². The van der Waals surface area contributed by atoms with Gasteiger partial charge in [-0.2, -0.15) is 0 Å². The number of thiazole rings is 1. The Labute approximate surface area is 121 Å². The highest BCUT2D eigenvalue weighted by atomic mass is 32.1. The zero-order chi connectivity index (χ0) is 13.9. The van der Waals surface area contributed by atoms with Crippen LogP contribution in [-0.2, 0) is 11.3 Å². The highest BCUT2D eigenvalue weighted by Gasteiger charge is 2.19. The number of imidazole rings is 1. The van der Waals surface area contributed by atoms with Crippen LogP contribution in [0.3, 0.4) is 0 Å². The summed E-state index contributed by atoms with van der Waals surface area (Å²) in [4.78, 5) is 19.2. The number of rotatable bonds is 4. The minimum atomic E-state index is -0.295. The second-order valence-corrected chi connectivity index (χ2v) is 6.01. The predicted molar refractivity (Wildman–Crippen MR) is 76.6 cm³/mol. The van der Waals surface area contributed by atoms with E-state index in [1.165, 1.54) is 0 Å². The third-order valence-corrected chi connectivity index (χ3v) is 4.23. The molecule has 108 valence electrons. The number of piperidine rings is 1. The largest absolute Gasteiger partial charge is 0.392 e. The van der Waals surface area contributed by atoms with Gasteiger partial charge in [0.1, 0.15) is 0 Å². The van der Waals surface area contributed by atoms with Gasteiger partial charge in [-0.05, 0) is 19.4 Å². The highest BCUT2D eigenvalue weighted by Crippen LogP contribution is 2.11. The number of nitrogens with zero attached hydrogens (tertiary/aromatic N) is 3. The first-order chi connectivity index (χ1) is 9.70. The van der Waals surface area contributed by atoms with Crippen molar-refractivity contribution in [2.45, 2.75) is 25.5 Å². The van der Waals surface area contributed by atoms with Crippen LogP contribution in [-0.4, -0.2) is 51.0 Å². The molecule has 1 amide bonds. The number of β-amino-alcohol motifs (C(OH)–C–C–N with tert-alkyl or cyclic N) is 1. The van der Waals surface area contributed by atoms with Crippen molar-refractivity contribution in [1.82, 2.24) is 19.6 Å². The van der Waals surface area contributed by atoms with Crippen molar-refractivity contribution in [3.05, 3.63) is 23.5 Å². The molecule has 2 aromatic rings. The minimum absolute atomic E-state index is 0.0181. The van der Waals surface area contributed by atoms with E-state index >= 15 is 0 Å². The lowest BCUT2D eigenvalue weighted by molar-refractivity contribution is -0.123. The van der Waals surface area contributed by atoms with E-state index in [0.29, 0.717) is 19.6 Å². The summed E-state index contributed by atoms with van der Waals surface area (Å²) < 4.78 is 1.95. The summed E-state index contributed by atoms with van der Waals surface area (Å²) in [6.07, 6.45) is 5.37. The molecule has 0 aromatic carbocycles. The first-order valence-corrected chi connectivity index (χ1v) is 7.67. The van der Waals surface area contributed by atoms with Gasteiger partial charge in [-0.3, -0.25) is 14.1 Å². The fourth-order valence-electron chi connectivity index (χ4n) is 2.48. The topological polar surface area (TPSA) is 69.9 Å². The van der Waals surface area contributed by atoms with Crippen LogP contribution in [0, 0.1) is 0 Å². The molecule has 3 rings (SSSR count). The molecule has 1 unspecified atom stereocenters. The Bertz CT molecular complexity index is 565. The van der Waals surface area contributed by atoms with Gasteiger partial charge in [0.05, 0.1) is 24.9 Å². The molecule has 6 nitrogen and oxygen atoms in total. The Morgan fingerprint density at radius 3 is 3.30 bits per heavy atom. The van der Waals surface area contributed by atoms with Crippen LogP contribution in [0.15, 0.2) is 17.8 Å². The minimum Gasteiger partial charge on any atom is -0.392 e. The lowest BCUT2D eigenvalue weighted by Crippen LogP contribution is -2.44. The van der Waals surface area contributed by atoms with Crippen LogP contribution in [0.4, 0.5) is 0 Å². The van der Waals surface area contributed by atoms with Crippen LogP contribution in [0.5, 0.6) is 0 Å². The van der Waals surface area contributed by atoms with Gasteiger partial charge in [0.2, 0.25) is 5.91 Å². The monoisotopic (exact) mass is 294 g/mol. The molecule has 0 radical (unpaired) electrons. The summed E-state index contributed by atoms with van der Waals surface area (Å²) in [7, 11) is 0. The fraction of sp³-hybridized carbons (Fsp3) is 0.538. The molecule has 1 fully saturated rings. The van der Waals surface area contributed by atoms with Crippen LogP contribution in [0.1, 0.15) is 18.5 Å². The summed E-state index contributed by atoms with van der Waals surface area (Å²) in [6.45, 7) is 2.27. The number of hydrogen-bond donors (Lipinski definition) is 2. The lowest BCUT2D eigenvalue weighted by atomic mass is 10.1. The summed E-state index contributed by atoms with van der Waals surface area (Å²) in [5.74, 6) is -0.0181. The molecule has 0 saturated carbocycles. The molecular formula is C13H18N4O2S. The van der Waals surface area contributed by atoms with Gasteiger partial charge in [0.25, 0.3) is 0 Å². The van der Waals surface area contributed by atoms with Gasteiger partial charge in [-0.1, -0.05) is 0 Å². The van der Waals surface area contributed by atoms with Crippen LogP contribution >= 0.6 is 11.3 Å². The number of aromatic nitrogens is 2. The average Bonchev–Trinajstić information content (AvgIpc) is 2.97. The normalized spacial score (nSPS) is 20.4. The molecule has 7 heteroatoms. The number of hydrogen-bond acceptors (Lipinski definition) is 5. The number of fused-ring (bicyclic) bond motifs is 1. The second kappa shape index (κ2) is 5.90. The Morgan fingerprint density at radius 1 is 1.60 bits per heavy atom. The SMILES string of the molecule is O=C(CN1CCCC(O)C1)NCc1cn2ccsc2n1. The number of aliphatic hydroxyl groups is 1. The number of carbonyl (C=O) groups is 1. The third-order valence-electron chi connectivity index (χ3n) is 3.46. The Kier molecular flexibility index (Phi) is 4.00. The van der Waals surface area contributed by atoms with Gasteiger partial charge in [-0.25, -0.2) is 4.98 Å². The van der Waals surface area contributed by atoms with E-state index in [-0.39, 0.29) is 12.0 Å². The van der Waals surface area contributed by atoms with E-state index in [4.69, 9.17) is 0 Å². The number of amides is 1. The maximum absolute atomic E-state index is 11.9. The second-order valence-electron chi connectivity index (χ2n) is 5.13. The third kappa shape index (κ3) is 3.17. The molecule has 0 aliphatic carbocycles. The molecule has 1 aliphatic heterocycles. The van der Waals surface area contributed by atoms with E-state index in [2.05, 4.69) is 10.3 Å². The molecule has 0 spiro atoms. The lowest BCUT2D eigenvalue weighted by Gasteiger charge is -2.29. The maximum Gasteiger partial charge on any atom is 0.234 e. The maximum atomic E-state index is 11.9. The molecular weight excluding hydrogens is 276 g/mol. The molecule has 0 bridgehead atoms. The Hall–Kier alpha value is -1.44. The molecule has 1 saturated heterocycles. The summed E-state index contributed by atoms with van der Waals surface area (Å²) in [6, 6.07) is 0. The molecule has 2 N–H and O–H groups in total. The number of aliphatic hydroxyl groups excluding tert-OH is 1. The van der Waals surface area contributed by atoms with E-state index < -0.39 is 0 Å². The molecule has 2 aromatic heterocycles. The first-order valence-electron chi connectivity index (χ1n) is 6.79. The van der Waals surface area contributed by atoms with E-state index in [1.807, 2.05) is 27.1 Å². The quantitative estimate of drug-likeness (QED) is 0.860. The Balaban J connectivity index is 1.48. The van der Waals surface area contributed by atoms with Gasteiger partial charge in [-0.15, -0.1) is 11.3 Å². The summed E-state index contributed by atoms with van der Waals surface area (Å²) in [5.41, 5.74) is 0.865. The smallest absolute Gasteiger partial charge is 0.234 e. The van der Waals surface area contributed by atoms with E-state index in [1.54, 1.807) is 11.3 Å². The zero-order valence-electron chi connectivity index (χ0n) is 11.2. The standard InChI is InChI=1S/C13H18N4O2S/c18-11-2-1-3-16(8-11)9-12(19)14-6-10-7-17-4-5-20-13(17)15-10/h4-5,7,11,18H,1-3,6,8-9H2,(H,14,19). The van der Waals surface area contributed by atoms with Gasteiger partial charge < -0.3 is 10.4 Å². The average molecular weight is 294 g/mol. The number of carbonyl (C=O) groups excluding carboxylic acids is 1. The molecule has 3 heterocycles. The van der Waals surface area contributed by atoms with Crippen molar-refractivity contribution in [2.24, 2.45) is 0 Å². The summed E-state index contributed by atoms with van der Waals surface area (Å²) >= 11 is 1.57. The van der Waals surface area contributed by atoms with Crippen molar-refractivity contribution >= 4 is 22.2 Å². The van der Waals surface area contributed by atoms with Crippen molar-refractivity contribution in [2.75, 3.05) is 19.6 Å². The van der Waals surface area contributed by atoms with Crippen LogP contribution in [0.25, 0.3) is 4.96 Å². The molecule has 20 heavy (non-hydrogen) atoms. The zero-order valence-corrected chi connectivity index (χ0v) is 12.0. The van der Waals surface area contributed by atoms with Crippen molar-refractivity contribution in [3.63, 3.8) is 0 Å². The van der Waals surface area contributed by atoms with Crippen molar-refractivity contribution in [3.8, 4) is 0 Å². The number of likely N-dealkylation sites (tertiary alicyclic amines) is 1.